The zero-order chi connectivity index (χ0) is 13.3. The molecule has 18 heavy (non-hydrogen) atoms. The fourth-order valence-electron chi connectivity index (χ4n) is 1.88. The summed E-state index contributed by atoms with van der Waals surface area (Å²) in [5, 5.41) is 1.02. The lowest BCUT2D eigenvalue weighted by Crippen LogP contribution is -2.21. The van der Waals surface area contributed by atoms with Gasteiger partial charge in [0.25, 0.3) is 5.91 Å². The summed E-state index contributed by atoms with van der Waals surface area (Å²) in [5.74, 6) is 0.460. The fraction of sp³-hybridized carbons (Fsp3) is 0.333. The van der Waals surface area contributed by atoms with Crippen LogP contribution in [0, 0.1) is 0 Å². The lowest BCUT2D eigenvalue weighted by atomic mass is 10.0. The highest BCUT2D eigenvalue weighted by Crippen LogP contribution is 2.21. The first-order chi connectivity index (χ1) is 8.49. The number of pyridine rings is 1. The molecular formula is C15H18N2O. The summed E-state index contributed by atoms with van der Waals surface area (Å²) >= 11 is 0. The average molecular weight is 242 g/mol. The highest BCUT2D eigenvalue weighted by molar-refractivity contribution is 5.97. The molecule has 0 atom stereocenters. The highest BCUT2D eigenvalue weighted by Gasteiger charge is 2.09. The van der Waals surface area contributed by atoms with Crippen LogP contribution in [0.15, 0.2) is 30.5 Å². The van der Waals surface area contributed by atoms with Gasteiger partial charge in [-0.2, -0.15) is 0 Å². The predicted molar refractivity (Wildman–Crippen MR) is 73.8 cm³/mol. The van der Waals surface area contributed by atoms with E-state index >= 15 is 0 Å². The Labute approximate surface area is 107 Å². The van der Waals surface area contributed by atoms with E-state index in [1.54, 1.807) is 25.2 Å². The van der Waals surface area contributed by atoms with Crippen LogP contribution < -0.4 is 0 Å². The maximum absolute atomic E-state index is 11.9. The van der Waals surface area contributed by atoms with Gasteiger partial charge in [-0.05, 0) is 29.7 Å². The van der Waals surface area contributed by atoms with E-state index in [2.05, 4.69) is 31.0 Å². The molecule has 0 saturated carbocycles. The molecule has 0 radical (unpaired) electrons. The Morgan fingerprint density at radius 1 is 1.22 bits per heavy atom. The van der Waals surface area contributed by atoms with Gasteiger partial charge in [-0.3, -0.25) is 9.78 Å². The lowest BCUT2D eigenvalue weighted by molar-refractivity contribution is 0.0827. The number of rotatable bonds is 2. The van der Waals surface area contributed by atoms with Crippen LogP contribution in [0.5, 0.6) is 0 Å². The first-order valence-electron chi connectivity index (χ1n) is 6.10. The summed E-state index contributed by atoms with van der Waals surface area (Å²) in [6.07, 6.45) is 1.64. The number of benzene rings is 1. The standard InChI is InChI=1S/C15H18N2O/c1-10(2)11-5-6-14-12(7-11)8-13(9-16-14)15(18)17(3)4/h5-10H,1-4H3. The van der Waals surface area contributed by atoms with Gasteiger partial charge in [-0.1, -0.05) is 19.9 Å². The van der Waals surface area contributed by atoms with Gasteiger partial charge in [0.2, 0.25) is 0 Å². The van der Waals surface area contributed by atoms with E-state index in [4.69, 9.17) is 0 Å². The molecule has 3 heteroatoms. The first-order valence-corrected chi connectivity index (χ1v) is 6.10. The summed E-state index contributed by atoms with van der Waals surface area (Å²) in [6.45, 7) is 4.31. The molecule has 0 N–H and O–H groups in total. The van der Waals surface area contributed by atoms with Crippen molar-refractivity contribution < 1.29 is 4.79 Å². The molecule has 0 aliphatic rings. The van der Waals surface area contributed by atoms with Crippen molar-refractivity contribution in [2.45, 2.75) is 19.8 Å². The summed E-state index contributed by atoms with van der Waals surface area (Å²) in [6, 6.07) is 8.12. The number of fused-ring (bicyclic) bond motifs is 1. The third-order valence-corrected chi connectivity index (χ3v) is 3.03. The second kappa shape index (κ2) is 4.77. The maximum Gasteiger partial charge on any atom is 0.254 e. The number of nitrogens with zero attached hydrogens (tertiary/aromatic N) is 2. The van der Waals surface area contributed by atoms with Crippen molar-refractivity contribution in [1.29, 1.82) is 0 Å². The Morgan fingerprint density at radius 2 is 1.94 bits per heavy atom. The van der Waals surface area contributed by atoms with Crippen molar-refractivity contribution in [2.24, 2.45) is 0 Å². The second-order valence-electron chi connectivity index (χ2n) is 5.03. The van der Waals surface area contributed by atoms with Crippen molar-refractivity contribution >= 4 is 16.8 Å². The molecule has 1 heterocycles. The van der Waals surface area contributed by atoms with Gasteiger partial charge >= 0.3 is 0 Å². The number of carbonyl (C=O) groups is 1. The van der Waals surface area contributed by atoms with E-state index in [0.717, 1.165) is 10.9 Å². The van der Waals surface area contributed by atoms with Crippen LogP contribution in [0.1, 0.15) is 35.7 Å². The molecule has 94 valence electrons. The molecule has 2 aromatic rings. The molecule has 1 aromatic heterocycles. The predicted octanol–water partition coefficient (Wildman–Crippen LogP) is 3.06. The van der Waals surface area contributed by atoms with Gasteiger partial charge in [-0.25, -0.2) is 0 Å². The first kappa shape index (κ1) is 12.6. The molecule has 1 aromatic carbocycles. The van der Waals surface area contributed by atoms with Gasteiger partial charge in [0.05, 0.1) is 11.1 Å². The van der Waals surface area contributed by atoms with Crippen molar-refractivity contribution in [3.63, 3.8) is 0 Å². The van der Waals surface area contributed by atoms with Crippen LogP contribution >= 0.6 is 0 Å². The molecule has 1 amide bonds. The molecule has 2 rings (SSSR count). The van der Waals surface area contributed by atoms with E-state index in [9.17, 15) is 4.79 Å². The van der Waals surface area contributed by atoms with E-state index in [0.29, 0.717) is 11.5 Å². The number of aromatic nitrogens is 1. The van der Waals surface area contributed by atoms with Gasteiger partial charge in [0.15, 0.2) is 0 Å². The Balaban J connectivity index is 2.52. The molecule has 0 aliphatic carbocycles. The van der Waals surface area contributed by atoms with Crippen molar-refractivity contribution in [2.75, 3.05) is 14.1 Å². The van der Waals surface area contributed by atoms with Crippen LogP contribution in [0.25, 0.3) is 10.9 Å². The topological polar surface area (TPSA) is 33.2 Å². The van der Waals surface area contributed by atoms with Crippen LogP contribution in [-0.2, 0) is 0 Å². The lowest BCUT2D eigenvalue weighted by Gasteiger charge is -2.11. The largest absolute Gasteiger partial charge is 0.345 e. The fourth-order valence-corrected chi connectivity index (χ4v) is 1.88. The second-order valence-corrected chi connectivity index (χ2v) is 5.03. The third kappa shape index (κ3) is 2.35. The van der Waals surface area contributed by atoms with Gasteiger partial charge < -0.3 is 4.90 Å². The van der Waals surface area contributed by atoms with Crippen LogP contribution in [0.2, 0.25) is 0 Å². The molecule has 0 spiro atoms. The number of amides is 1. The highest BCUT2D eigenvalue weighted by atomic mass is 16.2. The summed E-state index contributed by atoms with van der Waals surface area (Å²) in [7, 11) is 3.49. The smallest absolute Gasteiger partial charge is 0.254 e. The third-order valence-electron chi connectivity index (χ3n) is 3.03. The normalized spacial score (nSPS) is 10.9. The summed E-state index contributed by atoms with van der Waals surface area (Å²) < 4.78 is 0. The van der Waals surface area contributed by atoms with E-state index in [1.165, 1.54) is 5.56 Å². The van der Waals surface area contributed by atoms with Gasteiger partial charge in [-0.15, -0.1) is 0 Å². The molecular weight excluding hydrogens is 224 g/mol. The quantitative estimate of drug-likeness (QED) is 0.811. The van der Waals surface area contributed by atoms with Crippen molar-refractivity contribution in [3.8, 4) is 0 Å². The number of carbonyl (C=O) groups excluding carboxylic acids is 1. The minimum Gasteiger partial charge on any atom is -0.345 e. The SMILES string of the molecule is CC(C)c1ccc2ncc(C(=O)N(C)C)cc2c1. The molecule has 3 nitrogen and oxygen atoms in total. The van der Waals surface area contributed by atoms with E-state index in [1.807, 2.05) is 12.1 Å². The van der Waals surface area contributed by atoms with E-state index in [-0.39, 0.29) is 5.91 Å². The Kier molecular flexibility index (Phi) is 3.32. The van der Waals surface area contributed by atoms with Gasteiger partial charge in [0, 0.05) is 25.7 Å². The zero-order valence-electron chi connectivity index (χ0n) is 11.3. The minimum atomic E-state index is -0.0145. The Morgan fingerprint density at radius 3 is 2.56 bits per heavy atom. The van der Waals surface area contributed by atoms with Crippen LogP contribution in [-0.4, -0.2) is 29.9 Å². The molecule has 0 bridgehead atoms. The molecule has 0 saturated heterocycles. The van der Waals surface area contributed by atoms with Crippen molar-refractivity contribution in [1.82, 2.24) is 9.88 Å². The minimum absolute atomic E-state index is 0.0145. The maximum atomic E-state index is 11.9. The van der Waals surface area contributed by atoms with Crippen LogP contribution in [0.4, 0.5) is 0 Å². The summed E-state index contributed by atoms with van der Waals surface area (Å²) in [5.41, 5.74) is 2.82. The van der Waals surface area contributed by atoms with Gasteiger partial charge in [0.1, 0.15) is 0 Å². The van der Waals surface area contributed by atoms with Crippen LogP contribution in [0.3, 0.4) is 0 Å². The van der Waals surface area contributed by atoms with Crippen molar-refractivity contribution in [3.05, 3.63) is 41.6 Å². The monoisotopic (exact) mass is 242 g/mol. The molecule has 0 fully saturated rings. The molecule has 0 aliphatic heterocycles. The van der Waals surface area contributed by atoms with E-state index < -0.39 is 0 Å². The number of hydrogen-bond donors (Lipinski definition) is 0. The zero-order valence-corrected chi connectivity index (χ0v) is 11.3. The summed E-state index contributed by atoms with van der Waals surface area (Å²) in [4.78, 5) is 17.8. The molecule has 0 unspecified atom stereocenters. The average Bonchev–Trinajstić information content (AvgIpc) is 2.36. The Hall–Kier alpha value is -1.90. The Bertz CT molecular complexity index is 588. The number of hydrogen-bond acceptors (Lipinski definition) is 2.